The van der Waals surface area contributed by atoms with Gasteiger partial charge in [0.05, 0.1) is 6.61 Å². The number of hydrogen-bond acceptors (Lipinski definition) is 3. The van der Waals surface area contributed by atoms with E-state index in [1.165, 1.54) is 0 Å². The standard InChI is InChI=1S/C15H14ClN3O/c1-9-2-4-11(16)6-12(9)14-15(17)19-7-10(8-20)3-5-13(19)18-14/h2-7,20H,8,17H2,1H3. The third-order valence-electron chi connectivity index (χ3n) is 3.35. The number of halogens is 1. The molecule has 3 N–H and O–H groups in total. The van der Waals surface area contributed by atoms with E-state index in [0.717, 1.165) is 22.3 Å². The molecule has 0 fully saturated rings. The molecule has 0 saturated heterocycles. The number of aromatic nitrogens is 2. The van der Waals surface area contributed by atoms with Crippen molar-refractivity contribution in [1.29, 1.82) is 0 Å². The predicted molar refractivity (Wildman–Crippen MR) is 80.7 cm³/mol. The lowest BCUT2D eigenvalue weighted by Crippen LogP contribution is -1.96. The molecular formula is C15H14ClN3O. The Hall–Kier alpha value is -2.04. The van der Waals surface area contributed by atoms with Crippen LogP contribution in [0.2, 0.25) is 5.02 Å². The molecule has 2 aromatic heterocycles. The van der Waals surface area contributed by atoms with Gasteiger partial charge in [-0.15, -0.1) is 0 Å². The van der Waals surface area contributed by atoms with Crippen LogP contribution in [0.5, 0.6) is 0 Å². The number of nitrogens with two attached hydrogens (primary N) is 1. The lowest BCUT2D eigenvalue weighted by atomic mass is 10.1. The number of aryl methyl sites for hydroxylation is 1. The summed E-state index contributed by atoms with van der Waals surface area (Å²) < 4.78 is 1.78. The van der Waals surface area contributed by atoms with Gasteiger partial charge in [0.25, 0.3) is 0 Å². The van der Waals surface area contributed by atoms with Gasteiger partial charge in [0, 0.05) is 16.8 Å². The first-order valence-corrected chi connectivity index (χ1v) is 6.62. The van der Waals surface area contributed by atoms with Gasteiger partial charge < -0.3 is 10.8 Å². The molecule has 4 nitrogen and oxygen atoms in total. The van der Waals surface area contributed by atoms with Crippen molar-refractivity contribution in [3.8, 4) is 11.3 Å². The number of aliphatic hydroxyl groups excluding tert-OH is 1. The summed E-state index contributed by atoms with van der Waals surface area (Å²) >= 11 is 6.06. The van der Waals surface area contributed by atoms with E-state index in [-0.39, 0.29) is 6.61 Å². The molecule has 0 radical (unpaired) electrons. The summed E-state index contributed by atoms with van der Waals surface area (Å²) in [6, 6.07) is 9.32. The quantitative estimate of drug-likeness (QED) is 0.761. The molecule has 0 spiro atoms. The summed E-state index contributed by atoms with van der Waals surface area (Å²) in [5, 5.41) is 9.85. The van der Waals surface area contributed by atoms with Crippen LogP contribution >= 0.6 is 11.6 Å². The topological polar surface area (TPSA) is 63.5 Å². The minimum Gasteiger partial charge on any atom is -0.392 e. The first-order chi connectivity index (χ1) is 9.60. The van der Waals surface area contributed by atoms with Gasteiger partial charge in [0.1, 0.15) is 17.2 Å². The van der Waals surface area contributed by atoms with Gasteiger partial charge in [-0.3, -0.25) is 4.40 Å². The van der Waals surface area contributed by atoms with Crippen LogP contribution in [0.3, 0.4) is 0 Å². The summed E-state index contributed by atoms with van der Waals surface area (Å²) in [7, 11) is 0. The minimum atomic E-state index is -0.0287. The fourth-order valence-electron chi connectivity index (χ4n) is 2.25. The van der Waals surface area contributed by atoms with Crippen molar-refractivity contribution < 1.29 is 5.11 Å². The monoisotopic (exact) mass is 287 g/mol. The molecule has 0 amide bonds. The fraction of sp³-hybridized carbons (Fsp3) is 0.133. The Morgan fingerprint density at radius 1 is 1.30 bits per heavy atom. The van der Waals surface area contributed by atoms with Crippen LogP contribution in [-0.2, 0) is 6.61 Å². The molecule has 5 heteroatoms. The number of aliphatic hydroxyl groups is 1. The number of hydrogen-bond donors (Lipinski definition) is 2. The summed E-state index contributed by atoms with van der Waals surface area (Å²) in [5.74, 6) is 0.542. The second-order valence-corrected chi connectivity index (χ2v) is 5.16. The Labute approximate surface area is 121 Å². The van der Waals surface area contributed by atoms with Crippen molar-refractivity contribution in [2.45, 2.75) is 13.5 Å². The zero-order valence-electron chi connectivity index (χ0n) is 11.0. The van der Waals surface area contributed by atoms with Gasteiger partial charge in [-0.1, -0.05) is 23.7 Å². The van der Waals surface area contributed by atoms with Crippen molar-refractivity contribution in [3.63, 3.8) is 0 Å². The van der Waals surface area contributed by atoms with E-state index in [0.29, 0.717) is 16.5 Å². The first-order valence-electron chi connectivity index (χ1n) is 6.24. The Morgan fingerprint density at radius 3 is 2.85 bits per heavy atom. The zero-order valence-corrected chi connectivity index (χ0v) is 11.7. The van der Waals surface area contributed by atoms with Crippen LogP contribution < -0.4 is 5.73 Å². The van der Waals surface area contributed by atoms with Gasteiger partial charge >= 0.3 is 0 Å². The molecule has 102 valence electrons. The molecule has 2 heterocycles. The number of fused-ring (bicyclic) bond motifs is 1. The predicted octanol–water partition coefficient (Wildman–Crippen LogP) is 3.04. The molecule has 0 aliphatic carbocycles. The average Bonchev–Trinajstić information content (AvgIpc) is 2.78. The summed E-state index contributed by atoms with van der Waals surface area (Å²) in [6.07, 6.45) is 1.79. The Morgan fingerprint density at radius 2 is 2.10 bits per heavy atom. The minimum absolute atomic E-state index is 0.0287. The van der Waals surface area contributed by atoms with Crippen LogP contribution in [-0.4, -0.2) is 14.5 Å². The Kier molecular flexibility index (Phi) is 3.12. The van der Waals surface area contributed by atoms with Crippen molar-refractivity contribution in [1.82, 2.24) is 9.38 Å². The molecule has 3 rings (SSSR count). The zero-order chi connectivity index (χ0) is 14.3. The summed E-state index contributed by atoms with van der Waals surface area (Å²) in [5.41, 5.74) is 10.4. The molecule has 0 bridgehead atoms. The molecule has 0 aliphatic heterocycles. The van der Waals surface area contributed by atoms with E-state index in [1.807, 2.05) is 37.3 Å². The van der Waals surface area contributed by atoms with Crippen molar-refractivity contribution in [2.75, 3.05) is 5.73 Å². The van der Waals surface area contributed by atoms with Crippen LogP contribution in [0.1, 0.15) is 11.1 Å². The lowest BCUT2D eigenvalue weighted by Gasteiger charge is -2.04. The Bertz CT molecular complexity index is 795. The summed E-state index contributed by atoms with van der Waals surface area (Å²) in [6.45, 7) is 1.97. The number of nitrogens with zero attached hydrogens (tertiary/aromatic N) is 2. The molecule has 0 unspecified atom stereocenters. The number of anilines is 1. The maximum Gasteiger partial charge on any atom is 0.139 e. The third kappa shape index (κ3) is 2.03. The van der Waals surface area contributed by atoms with E-state index in [9.17, 15) is 5.11 Å². The first kappa shape index (κ1) is 13.0. The maximum atomic E-state index is 9.20. The number of nitrogen functional groups attached to an aromatic ring is 1. The molecule has 0 aliphatic rings. The van der Waals surface area contributed by atoms with Crippen LogP contribution in [0.25, 0.3) is 16.9 Å². The fourth-order valence-corrected chi connectivity index (χ4v) is 2.42. The second-order valence-electron chi connectivity index (χ2n) is 4.73. The molecule has 3 aromatic rings. The Balaban J connectivity index is 2.26. The van der Waals surface area contributed by atoms with Crippen LogP contribution in [0.15, 0.2) is 36.5 Å². The highest BCUT2D eigenvalue weighted by Crippen LogP contribution is 2.31. The highest BCUT2D eigenvalue weighted by atomic mass is 35.5. The van der Waals surface area contributed by atoms with E-state index in [2.05, 4.69) is 4.98 Å². The van der Waals surface area contributed by atoms with Gasteiger partial charge in [0.2, 0.25) is 0 Å². The molecule has 0 atom stereocenters. The van der Waals surface area contributed by atoms with E-state index in [4.69, 9.17) is 17.3 Å². The maximum absolute atomic E-state index is 9.20. The van der Waals surface area contributed by atoms with Crippen molar-refractivity contribution in [3.05, 3.63) is 52.7 Å². The number of pyridine rings is 1. The molecule has 1 aromatic carbocycles. The number of benzene rings is 1. The van der Waals surface area contributed by atoms with Crippen molar-refractivity contribution in [2.24, 2.45) is 0 Å². The van der Waals surface area contributed by atoms with Gasteiger partial charge in [0.15, 0.2) is 0 Å². The SMILES string of the molecule is Cc1ccc(Cl)cc1-c1nc2ccc(CO)cn2c1N. The molecule has 20 heavy (non-hydrogen) atoms. The number of rotatable bonds is 2. The third-order valence-corrected chi connectivity index (χ3v) is 3.59. The largest absolute Gasteiger partial charge is 0.392 e. The highest BCUT2D eigenvalue weighted by Gasteiger charge is 2.13. The lowest BCUT2D eigenvalue weighted by molar-refractivity contribution is 0.281. The smallest absolute Gasteiger partial charge is 0.139 e. The van der Waals surface area contributed by atoms with Crippen molar-refractivity contribution >= 4 is 23.1 Å². The van der Waals surface area contributed by atoms with E-state index in [1.54, 1.807) is 10.6 Å². The second kappa shape index (κ2) is 4.81. The van der Waals surface area contributed by atoms with Crippen LogP contribution in [0.4, 0.5) is 5.82 Å². The van der Waals surface area contributed by atoms with E-state index >= 15 is 0 Å². The average molecular weight is 288 g/mol. The summed E-state index contributed by atoms with van der Waals surface area (Å²) in [4.78, 5) is 4.56. The van der Waals surface area contributed by atoms with Gasteiger partial charge in [-0.2, -0.15) is 0 Å². The molecular weight excluding hydrogens is 274 g/mol. The van der Waals surface area contributed by atoms with Gasteiger partial charge in [-0.25, -0.2) is 4.98 Å². The van der Waals surface area contributed by atoms with Crippen LogP contribution in [0, 0.1) is 6.92 Å². The van der Waals surface area contributed by atoms with Gasteiger partial charge in [-0.05, 0) is 36.2 Å². The van der Waals surface area contributed by atoms with E-state index < -0.39 is 0 Å². The highest BCUT2D eigenvalue weighted by molar-refractivity contribution is 6.30. The number of imidazole rings is 1. The normalized spacial score (nSPS) is 11.2. The molecule has 0 saturated carbocycles.